The van der Waals surface area contributed by atoms with Gasteiger partial charge in [-0.1, -0.05) is 12.1 Å². The summed E-state index contributed by atoms with van der Waals surface area (Å²) in [5.41, 5.74) is 8.76. The predicted molar refractivity (Wildman–Crippen MR) is 179 cm³/mol. The van der Waals surface area contributed by atoms with E-state index in [9.17, 15) is 9.59 Å². The van der Waals surface area contributed by atoms with Crippen LogP contribution in [0.1, 0.15) is 37.7 Å². The molecule has 0 unspecified atom stereocenters. The summed E-state index contributed by atoms with van der Waals surface area (Å²) in [5.74, 6) is -1.54. The first kappa shape index (κ1) is 34.1. The van der Waals surface area contributed by atoms with Gasteiger partial charge in [0, 0.05) is 80.8 Å². The number of nitrogens with one attached hydrogen (secondary N) is 4. The lowest BCUT2D eigenvalue weighted by molar-refractivity contribution is -0.122. The van der Waals surface area contributed by atoms with Crippen LogP contribution in [0.15, 0.2) is 47.1 Å². The van der Waals surface area contributed by atoms with Crippen LogP contribution in [0, 0.1) is 17.0 Å². The van der Waals surface area contributed by atoms with Crippen molar-refractivity contribution < 1.29 is 23.1 Å². The molecule has 0 aliphatic carbocycles. The van der Waals surface area contributed by atoms with Gasteiger partial charge in [0.2, 0.25) is 11.8 Å². The number of rotatable bonds is 14. The first-order valence-electron chi connectivity index (χ1n) is 16.3. The standard InChI is InChI=1S/C34H44F2N8O3/c35-28-16-23(17-29(36)27(28)21-44-12-14-47-15-13-44)26-4-3-5-30-34(26)42-31(20-41-30)24(18-37)19-40-25-7-10-43(11-8-25)22-33(46)39-9-2-1-6-32(38)45/h3-5,16-19,25,37,40-41H,1-2,6-15,20-22H2,(H2,38,45)(H,39,46)/b24-19+,37-18?. The third kappa shape index (κ3) is 9.43. The highest BCUT2D eigenvalue weighted by atomic mass is 19.1. The molecule has 6 N–H and O–H groups in total. The number of halogens is 2. The molecule has 11 nitrogen and oxygen atoms in total. The normalized spacial score (nSPS) is 17.7. The van der Waals surface area contributed by atoms with Gasteiger partial charge in [0.1, 0.15) is 11.6 Å². The third-order valence-electron chi connectivity index (χ3n) is 8.76. The summed E-state index contributed by atoms with van der Waals surface area (Å²) in [6.07, 6.45) is 6.45. The molecule has 13 heteroatoms. The molecule has 0 saturated carbocycles. The number of carbonyl (C=O) groups excluding carboxylic acids is 2. The maximum atomic E-state index is 15.3. The monoisotopic (exact) mass is 650 g/mol. The minimum atomic E-state index is -0.593. The van der Waals surface area contributed by atoms with Gasteiger partial charge in [0.25, 0.3) is 0 Å². The van der Waals surface area contributed by atoms with Crippen LogP contribution in [0.2, 0.25) is 0 Å². The molecule has 2 aromatic carbocycles. The molecule has 2 saturated heterocycles. The van der Waals surface area contributed by atoms with E-state index in [0.717, 1.165) is 38.0 Å². The number of para-hydroxylation sites is 1. The van der Waals surface area contributed by atoms with Crippen molar-refractivity contribution >= 4 is 35.1 Å². The molecule has 2 aromatic rings. The molecular formula is C34H44F2N8O3. The SMILES string of the molecule is N=C/C(=C\NC1CCN(CC(=O)NCCCCC(N)=O)CC1)C1=Nc2c(cccc2-c2cc(F)c(CN3CCOCC3)c(F)c2)NC1. The van der Waals surface area contributed by atoms with Crippen LogP contribution in [-0.4, -0.2) is 98.6 Å². The topological polar surface area (TPSA) is 148 Å². The average molecular weight is 651 g/mol. The number of benzene rings is 2. The Kier molecular flexibility index (Phi) is 12.0. The molecule has 0 radical (unpaired) electrons. The van der Waals surface area contributed by atoms with E-state index in [0.29, 0.717) is 86.9 Å². The highest BCUT2D eigenvalue weighted by Crippen LogP contribution is 2.40. The summed E-state index contributed by atoms with van der Waals surface area (Å²) in [6.45, 7) is 5.34. The molecule has 5 rings (SSSR count). The fourth-order valence-corrected chi connectivity index (χ4v) is 6.04. The van der Waals surface area contributed by atoms with Gasteiger partial charge in [-0.2, -0.15) is 0 Å². The molecule has 252 valence electrons. The first-order chi connectivity index (χ1) is 22.8. The number of primary amides is 1. The van der Waals surface area contributed by atoms with Crippen LogP contribution >= 0.6 is 0 Å². The minimum absolute atomic E-state index is 0.0293. The number of likely N-dealkylation sites (tertiary alicyclic amines) is 1. The van der Waals surface area contributed by atoms with Crippen LogP contribution in [-0.2, 0) is 20.9 Å². The molecule has 0 bridgehead atoms. The van der Waals surface area contributed by atoms with Crippen molar-refractivity contribution in [3.63, 3.8) is 0 Å². The Labute approximate surface area is 274 Å². The van der Waals surface area contributed by atoms with Crippen LogP contribution in [0.4, 0.5) is 20.2 Å². The van der Waals surface area contributed by atoms with E-state index in [1.807, 2.05) is 17.0 Å². The second-order valence-corrected chi connectivity index (χ2v) is 12.2. The Morgan fingerprint density at radius 2 is 1.83 bits per heavy atom. The fraction of sp³-hybridized carbons (Fsp3) is 0.471. The number of morpholine rings is 1. The number of ether oxygens (including phenoxy) is 1. The summed E-state index contributed by atoms with van der Waals surface area (Å²) < 4.78 is 35.9. The Hall–Kier alpha value is -4.20. The highest BCUT2D eigenvalue weighted by molar-refractivity contribution is 6.19. The Morgan fingerprint density at radius 1 is 1.09 bits per heavy atom. The van der Waals surface area contributed by atoms with E-state index >= 15 is 8.78 Å². The second-order valence-electron chi connectivity index (χ2n) is 12.2. The van der Waals surface area contributed by atoms with Gasteiger partial charge in [-0.15, -0.1) is 0 Å². The van der Waals surface area contributed by atoms with Crippen LogP contribution in [0.3, 0.4) is 0 Å². The number of carbonyl (C=O) groups is 2. The number of nitrogens with zero attached hydrogens (tertiary/aromatic N) is 3. The van der Waals surface area contributed by atoms with Gasteiger partial charge < -0.3 is 31.8 Å². The smallest absolute Gasteiger partial charge is 0.234 e. The summed E-state index contributed by atoms with van der Waals surface area (Å²) in [4.78, 5) is 32.1. The number of amides is 2. The minimum Gasteiger partial charge on any atom is -0.387 e. The molecule has 3 heterocycles. The molecule has 3 aliphatic heterocycles. The van der Waals surface area contributed by atoms with Gasteiger partial charge in [0.15, 0.2) is 0 Å². The number of unbranched alkanes of at least 4 members (excludes halogenated alkanes) is 1. The highest BCUT2D eigenvalue weighted by Gasteiger charge is 2.23. The van der Waals surface area contributed by atoms with Crippen molar-refractivity contribution in [1.29, 1.82) is 5.41 Å². The largest absolute Gasteiger partial charge is 0.387 e. The number of fused-ring (bicyclic) bond motifs is 1. The average Bonchev–Trinajstić information content (AvgIpc) is 3.07. The number of hydrogen-bond donors (Lipinski definition) is 5. The lowest BCUT2D eigenvalue weighted by atomic mass is 9.98. The van der Waals surface area contributed by atoms with E-state index in [-0.39, 0.29) is 30.0 Å². The molecule has 0 spiro atoms. The number of nitrogens with two attached hydrogens (primary N) is 1. The van der Waals surface area contributed by atoms with E-state index in [1.54, 1.807) is 12.3 Å². The van der Waals surface area contributed by atoms with Crippen LogP contribution < -0.4 is 21.7 Å². The number of hydrogen-bond acceptors (Lipinski definition) is 9. The number of piperidine rings is 1. The zero-order chi connectivity index (χ0) is 33.2. The Morgan fingerprint density at radius 3 is 2.53 bits per heavy atom. The molecule has 0 atom stereocenters. The van der Waals surface area contributed by atoms with Crippen LogP contribution in [0.5, 0.6) is 0 Å². The van der Waals surface area contributed by atoms with Gasteiger partial charge >= 0.3 is 0 Å². The quantitative estimate of drug-likeness (QED) is 0.156. The molecule has 47 heavy (non-hydrogen) atoms. The lowest BCUT2D eigenvalue weighted by Gasteiger charge is -2.31. The zero-order valence-electron chi connectivity index (χ0n) is 26.6. The van der Waals surface area contributed by atoms with Crippen molar-refractivity contribution in [2.45, 2.75) is 44.7 Å². The first-order valence-corrected chi connectivity index (χ1v) is 16.3. The Balaban J connectivity index is 1.19. The van der Waals surface area contributed by atoms with E-state index in [1.165, 1.54) is 18.3 Å². The van der Waals surface area contributed by atoms with Crippen molar-refractivity contribution in [3.05, 3.63) is 59.3 Å². The lowest BCUT2D eigenvalue weighted by Crippen LogP contribution is -2.45. The van der Waals surface area contributed by atoms with Crippen molar-refractivity contribution in [2.24, 2.45) is 10.7 Å². The van der Waals surface area contributed by atoms with Gasteiger partial charge in [0.05, 0.1) is 43.4 Å². The maximum absolute atomic E-state index is 15.3. The molecule has 2 amide bonds. The molecule has 3 aliphatic rings. The van der Waals surface area contributed by atoms with Crippen molar-refractivity contribution in [2.75, 3.05) is 64.3 Å². The van der Waals surface area contributed by atoms with E-state index in [2.05, 4.69) is 20.9 Å². The number of aliphatic imine (C=N–C) groups is 1. The summed E-state index contributed by atoms with van der Waals surface area (Å²) in [5, 5.41) is 17.8. The van der Waals surface area contributed by atoms with E-state index < -0.39 is 11.6 Å². The van der Waals surface area contributed by atoms with Crippen molar-refractivity contribution in [1.82, 2.24) is 20.4 Å². The van der Waals surface area contributed by atoms with Crippen LogP contribution in [0.25, 0.3) is 11.1 Å². The predicted octanol–water partition coefficient (Wildman–Crippen LogP) is 3.32. The summed E-state index contributed by atoms with van der Waals surface area (Å²) in [7, 11) is 0. The molecule has 0 aromatic heterocycles. The Bertz CT molecular complexity index is 1480. The van der Waals surface area contributed by atoms with Gasteiger partial charge in [-0.05, 0) is 49.4 Å². The number of anilines is 1. The van der Waals surface area contributed by atoms with Gasteiger partial charge in [-0.25, -0.2) is 13.8 Å². The maximum Gasteiger partial charge on any atom is 0.234 e. The van der Waals surface area contributed by atoms with Gasteiger partial charge in [-0.3, -0.25) is 19.4 Å². The second kappa shape index (κ2) is 16.6. The van der Waals surface area contributed by atoms with Crippen molar-refractivity contribution in [3.8, 4) is 11.1 Å². The fourth-order valence-electron chi connectivity index (χ4n) is 6.04. The van der Waals surface area contributed by atoms with E-state index in [4.69, 9.17) is 20.9 Å². The summed E-state index contributed by atoms with van der Waals surface area (Å²) >= 11 is 0. The molecular weight excluding hydrogens is 606 g/mol. The third-order valence-corrected chi connectivity index (χ3v) is 8.76. The summed E-state index contributed by atoms with van der Waals surface area (Å²) in [6, 6.07) is 8.43. The zero-order valence-corrected chi connectivity index (χ0v) is 26.6. The molecule has 2 fully saturated rings.